The molecule has 0 spiro atoms. The zero-order chi connectivity index (χ0) is 9.84. The van der Waals surface area contributed by atoms with Gasteiger partial charge in [-0.25, -0.2) is 0 Å². The van der Waals surface area contributed by atoms with Crippen molar-refractivity contribution in [3.63, 3.8) is 0 Å². The van der Waals surface area contributed by atoms with Crippen LogP contribution in [0.15, 0.2) is 15.9 Å². The predicted octanol–water partition coefficient (Wildman–Crippen LogP) is 1.09. The quantitative estimate of drug-likeness (QED) is 0.763. The number of likely N-dealkylation sites (N-methyl/N-ethyl adjacent to an activating group) is 1. The van der Waals surface area contributed by atoms with Crippen molar-refractivity contribution >= 4 is 27.3 Å². The van der Waals surface area contributed by atoms with Gasteiger partial charge in [-0.1, -0.05) is 0 Å². The Morgan fingerprint density at radius 1 is 1.77 bits per heavy atom. The minimum atomic E-state index is -0.532. The third-order valence-corrected chi connectivity index (χ3v) is 3.61. The van der Waals surface area contributed by atoms with Gasteiger partial charge in [-0.05, 0) is 29.0 Å². The highest BCUT2D eigenvalue weighted by Gasteiger charge is 2.19. The molecule has 4 N–H and O–H groups in total. The van der Waals surface area contributed by atoms with Crippen molar-refractivity contribution in [3.05, 3.63) is 20.8 Å². The fraction of sp³-hybridized carbons (Fsp3) is 0.500. The second kappa shape index (κ2) is 5.07. The number of hydrogen-bond acceptors (Lipinski definition) is 4. The first kappa shape index (κ1) is 11.1. The fourth-order valence-electron chi connectivity index (χ4n) is 1.15. The smallest absolute Gasteiger partial charge is 0.0864 e. The first-order valence-electron chi connectivity index (χ1n) is 3.98. The molecule has 1 aromatic heterocycles. The standard InChI is InChI=1S/C8H13BrN2OS/c1-11-8(6(12)3-10)7-2-5(9)4-13-7/h2,4,6,8,11-12H,3,10H2,1H3. The van der Waals surface area contributed by atoms with Crippen LogP contribution in [-0.4, -0.2) is 24.8 Å². The summed E-state index contributed by atoms with van der Waals surface area (Å²) in [5.41, 5.74) is 5.40. The minimum Gasteiger partial charge on any atom is -0.390 e. The zero-order valence-electron chi connectivity index (χ0n) is 7.33. The Hall–Kier alpha value is 0.0600. The molecule has 0 radical (unpaired) electrons. The van der Waals surface area contributed by atoms with Gasteiger partial charge in [0.15, 0.2) is 0 Å². The van der Waals surface area contributed by atoms with Crippen LogP contribution in [0, 0.1) is 0 Å². The van der Waals surface area contributed by atoms with Gasteiger partial charge in [-0.15, -0.1) is 11.3 Å². The van der Waals surface area contributed by atoms with Crippen LogP contribution >= 0.6 is 27.3 Å². The Morgan fingerprint density at radius 3 is 2.85 bits per heavy atom. The summed E-state index contributed by atoms with van der Waals surface area (Å²) in [4.78, 5) is 1.09. The summed E-state index contributed by atoms with van der Waals surface area (Å²) in [6.07, 6.45) is -0.532. The van der Waals surface area contributed by atoms with E-state index >= 15 is 0 Å². The summed E-state index contributed by atoms with van der Waals surface area (Å²) in [7, 11) is 1.82. The highest BCUT2D eigenvalue weighted by atomic mass is 79.9. The molecule has 2 atom stereocenters. The maximum absolute atomic E-state index is 9.58. The van der Waals surface area contributed by atoms with E-state index in [0.29, 0.717) is 0 Å². The van der Waals surface area contributed by atoms with E-state index in [-0.39, 0.29) is 12.6 Å². The van der Waals surface area contributed by atoms with Crippen molar-refractivity contribution in [2.24, 2.45) is 5.73 Å². The number of halogens is 1. The van der Waals surface area contributed by atoms with Gasteiger partial charge < -0.3 is 16.2 Å². The summed E-state index contributed by atoms with van der Waals surface area (Å²) >= 11 is 4.97. The van der Waals surface area contributed by atoms with E-state index in [9.17, 15) is 5.11 Å². The molecule has 0 amide bonds. The SMILES string of the molecule is CNC(c1cc(Br)cs1)C(O)CN. The van der Waals surface area contributed by atoms with Gasteiger partial charge in [0.25, 0.3) is 0 Å². The molecule has 0 saturated heterocycles. The molecule has 3 nitrogen and oxygen atoms in total. The number of hydrogen-bond donors (Lipinski definition) is 3. The van der Waals surface area contributed by atoms with Gasteiger partial charge in [0.05, 0.1) is 12.1 Å². The number of aliphatic hydroxyl groups is 1. The molecule has 1 aromatic rings. The Bertz CT molecular complexity index is 266. The van der Waals surface area contributed by atoms with E-state index in [1.54, 1.807) is 11.3 Å². The minimum absolute atomic E-state index is 0.0682. The molecular formula is C8H13BrN2OS. The van der Waals surface area contributed by atoms with E-state index in [0.717, 1.165) is 9.35 Å². The van der Waals surface area contributed by atoms with E-state index in [2.05, 4.69) is 21.2 Å². The van der Waals surface area contributed by atoms with Gasteiger partial charge in [-0.3, -0.25) is 0 Å². The van der Waals surface area contributed by atoms with Gasteiger partial charge >= 0.3 is 0 Å². The van der Waals surface area contributed by atoms with Crippen LogP contribution in [0.25, 0.3) is 0 Å². The molecule has 0 aromatic carbocycles. The van der Waals surface area contributed by atoms with Gasteiger partial charge in [0.2, 0.25) is 0 Å². The van der Waals surface area contributed by atoms with Crippen molar-refractivity contribution in [3.8, 4) is 0 Å². The second-order valence-electron chi connectivity index (χ2n) is 2.74. The zero-order valence-corrected chi connectivity index (χ0v) is 9.73. The highest BCUT2D eigenvalue weighted by molar-refractivity contribution is 9.10. The fourth-order valence-corrected chi connectivity index (χ4v) is 2.76. The van der Waals surface area contributed by atoms with E-state index in [1.165, 1.54) is 0 Å². The average Bonchev–Trinajstić information content (AvgIpc) is 2.53. The van der Waals surface area contributed by atoms with E-state index in [1.807, 2.05) is 18.5 Å². The maximum atomic E-state index is 9.58. The molecule has 1 rings (SSSR count). The Balaban J connectivity index is 2.77. The number of aliphatic hydroxyl groups excluding tert-OH is 1. The lowest BCUT2D eigenvalue weighted by Crippen LogP contribution is -2.34. The molecule has 0 fully saturated rings. The summed E-state index contributed by atoms with van der Waals surface area (Å²) in [5, 5.41) is 14.6. The molecule has 0 aliphatic rings. The van der Waals surface area contributed by atoms with Crippen LogP contribution in [0.2, 0.25) is 0 Å². The highest BCUT2D eigenvalue weighted by Crippen LogP contribution is 2.27. The molecule has 0 saturated carbocycles. The third kappa shape index (κ3) is 2.75. The number of nitrogens with two attached hydrogens (primary N) is 1. The maximum Gasteiger partial charge on any atom is 0.0864 e. The monoisotopic (exact) mass is 264 g/mol. The summed E-state index contributed by atoms with van der Waals surface area (Å²) in [5.74, 6) is 0. The summed E-state index contributed by atoms with van der Waals surface area (Å²) in [6.45, 7) is 0.265. The molecule has 0 aliphatic heterocycles. The molecule has 1 heterocycles. The van der Waals surface area contributed by atoms with Crippen molar-refractivity contribution in [2.45, 2.75) is 12.1 Å². The topological polar surface area (TPSA) is 58.3 Å². The van der Waals surface area contributed by atoms with Crippen LogP contribution in [0.1, 0.15) is 10.9 Å². The van der Waals surface area contributed by atoms with Gasteiger partial charge in [-0.2, -0.15) is 0 Å². The Morgan fingerprint density at radius 2 is 2.46 bits per heavy atom. The van der Waals surface area contributed by atoms with Crippen LogP contribution < -0.4 is 11.1 Å². The van der Waals surface area contributed by atoms with E-state index in [4.69, 9.17) is 5.73 Å². The summed E-state index contributed by atoms with van der Waals surface area (Å²) < 4.78 is 1.04. The van der Waals surface area contributed by atoms with Crippen LogP contribution in [0.4, 0.5) is 0 Å². The first-order valence-corrected chi connectivity index (χ1v) is 5.65. The van der Waals surface area contributed by atoms with Crippen molar-refractivity contribution in [1.29, 1.82) is 0 Å². The molecular weight excluding hydrogens is 252 g/mol. The normalized spacial score (nSPS) is 15.7. The first-order chi connectivity index (χ1) is 6.19. The second-order valence-corrected chi connectivity index (χ2v) is 4.60. The van der Waals surface area contributed by atoms with Crippen LogP contribution in [0.3, 0.4) is 0 Å². The Labute approximate surface area is 90.1 Å². The predicted molar refractivity (Wildman–Crippen MR) is 58.9 cm³/mol. The molecule has 0 bridgehead atoms. The van der Waals surface area contributed by atoms with E-state index < -0.39 is 6.10 Å². The van der Waals surface area contributed by atoms with Crippen LogP contribution in [0.5, 0.6) is 0 Å². The molecule has 74 valence electrons. The van der Waals surface area contributed by atoms with Crippen molar-refractivity contribution < 1.29 is 5.11 Å². The Kier molecular flexibility index (Phi) is 4.34. The van der Waals surface area contributed by atoms with Crippen LogP contribution in [-0.2, 0) is 0 Å². The van der Waals surface area contributed by atoms with Gasteiger partial charge in [0.1, 0.15) is 0 Å². The number of rotatable bonds is 4. The lowest BCUT2D eigenvalue weighted by molar-refractivity contribution is 0.140. The van der Waals surface area contributed by atoms with Crippen molar-refractivity contribution in [2.75, 3.05) is 13.6 Å². The average molecular weight is 265 g/mol. The number of nitrogens with one attached hydrogen (secondary N) is 1. The molecule has 2 unspecified atom stereocenters. The summed E-state index contributed by atoms with van der Waals surface area (Å²) in [6, 6.07) is 1.92. The lowest BCUT2D eigenvalue weighted by Gasteiger charge is -2.19. The molecule has 13 heavy (non-hydrogen) atoms. The lowest BCUT2D eigenvalue weighted by atomic mass is 10.1. The largest absolute Gasteiger partial charge is 0.390 e. The third-order valence-electron chi connectivity index (χ3n) is 1.83. The molecule has 0 aliphatic carbocycles. The number of thiophene rings is 1. The van der Waals surface area contributed by atoms with Gasteiger partial charge in [0, 0.05) is 21.3 Å². The molecule has 5 heteroatoms. The van der Waals surface area contributed by atoms with Crippen molar-refractivity contribution in [1.82, 2.24) is 5.32 Å².